The fourth-order valence-electron chi connectivity index (χ4n) is 2.10. The molecule has 1 rings (SSSR count). The number of halogens is 3. The molecule has 1 heterocycles. The van der Waals surface area contributed by atoms with Crippen molar-refractivity contribution >= 4 is 11.6 Å². The Morgan fingerprint density at radius 3 is 2.35 bits per heavy atom. The summed E-state index contributed by atoms with van der Waals surface area (Å²) in [6.07, 6.45) is -2.19. The molecule has 0 aliphatic rings. The molecule has 0 atom stereocenters. The molecule has 5 nitrogen and oxygen atoms in total. The van der Waals surface area contributed by atoms with E-state index in [9.17, 15) is 18.0 Å². The van der Waals surface area contributed by atoms with Crippen molar-refractivity contribution in [3.8, 4) is 0 Å². The number of aromatic nitrogens is 2. The van der Waals surface area contributed by atoms with Gasteiger partial charge in [0.2, 0.25) is 0 Å². The average Bonchev–Trinajstić information content (AvgIpc) is 2.66. The number of carbonyl (C=O) groups is 1. The fraction of sp³-hybridized carbons (Fsp3) is 0.667. The van der Waals surface area contributed by atoms with Crippen molar-refractivity contribution < 1.29 is 18.0 Å². The summed E-state index contributed by atoms with van der Waals surface area (Å²) >= 11 is 0. The van der Waals surface area contributed by atoms with Gasteiger partial charge in [-0.25, -0.2) is 0 Å². The molecule has 0 saturated carbocycles. The van der Waals surface area contributed by atoms with Crippen molar-refractivity contribution in [2.45, 2.75) is 38.9 Å². The van der Waals surface area contributed by atoms with E-state index in [0.717, 1.165) is 4.90 Å². The first-order chi connectivity index (χ1) is 9.19. The Labute approximate surface area is 115 Å². The Balaban J connectivity index is 3.09. The van der Waals surface area contributed by atoms with E-state index in [2.05, 4.69) is 5.10 Å². The van der Waals surface area contributed by atoms with Gasteiger partial charge >= 0.3 is 6.18 Å². The first-order valence-electron chi connectivity index (χ1n) is 6.36. The van der Waals surface area contributed by atoms with Gasteiger partial charge in [0.05, 0.1) is 5.69 Å². The third-order valence-electron chi connectivity index (χ3n) is 3.05. The van der Waals surface area contributed by atoms with Crippen LogP contribution in [-0.4, -0.2) is 39.4 Å². The zero-order valence-electron chi connectivity index (χ0n) is 11.7. The van der Waals surface area contributed by atoms with Crippen molar-refractivity contribution in [3.05, 3.63) is 11.9 Å². The number of nitrogen functional groups attached to an aromatic ring is 1. The van der Waals surface area contributed by atoms with Gasteiger partial charge < -0.3 is 10.6 Å². The lowest BCUT2D eigenvalue weighted by Gasteiger charge is -2.30. The van der Waals surface area contributed by atoms with Crippen molar-refractivity contribution in [3.63, 3.8) is 0 Å². The highest BCUT2D eigenvalue weighted by atomic mass is 19.4. The van der Waals surface area contributed by atoms with Gasteiger partial charge in [-0.15, -0.1) is 0 Å². The van der Waals surface area contributed by atoms with Crippen LogP contribution in [-0.2, 0) is 7.05 Å². The SMILES string of the molecule is CCC(CC)N(CC(F)(F)F)C(=O)c1nn(C)cc1N. The second-order valence-corrected chi connectivity index (χ2v) is 4.63. The van der Waals surface area contributed by atoms with Crippen LogP contribution in [0, 0.1) is 0 Å². The molecule has 0 aromatic carbocycles. The number of hydrogen-bond donors (Lipinski definition) is 1. The molecule has 0 radical (unpaired) electrons. The first-order valence-corrected chi connectivity index (χ1v) is 6.36. The van der Waals surface area contributed by atoms with Crippen LogP contribution < -0.4 is 5.73 Å². The quantitative estimate of drug-likeness (QED) is 0.904. The molecular formula is C12H19F3N4O. The van der Waals surface area contributed by atoms with E-state index >= 15 is 0 Å². The minimum absolute atomic E-state index is 0.0793. The number of aryl methyl sites for hydroxylation is 1. The van der Waals surface area contributed by atoms with Crippen LogP contribution in [0.15, 0.2) is 6.20 Å². The summed E-state index contributed by atoms with van der Waals surface area (Å²) in [6.45, 7) is 2.19. The molecule has 0 aliphatic carbocycles. The van der Waals surface area contributed by atoms with Crippen LogP contribution in [0.5, 0.6) is 0 Å². The van der Waals surface area contributed by atoms with Crippen molar-refractivity contribution in [2.24, 2.45) is 7.05 Å². The van der Waals surface area contributed by atoms with Gasteiger partial charge in [-0.1, -0.05) is 13.8 Å². The summed E-state index contributed by atoms with van der Waals surface area (Å²) in [5, 5.41) is 3.85. The molecule has 1 aromatic heterocycles. The van der Waals surface area contributed by atoms with E-state index in [0.29, 0.717) is 12.8 Å². The Morgan fingerprint density at radius 2 is 2.00 bits per heavy atom. The number of alkyl halides is 3. The number of anilines is 1. The van der Waals surface area contributed by atoms with Crippen LogP contribution in [0.1, 0.15) is 37.2 Å². The number of rotatable bonds is 5. The van der Waals surface area contributed by atoms with Crippen LogP contribution >= 0.6 is 0 Å². The van der Waals surface area contributed by atoms with Gasteiger partial charge in [-0.3, -0.25) is 9.48 Å². The minimum Gasteiger partial charge on any atom is -0.396 e. The van der Waals surface area contributed by atoms with E-state index in [-0.39, 0.29) is 11.4 Å². The Morgan fingerprint density at radius 1 is 1.45 bits per heavy atom. The van der Waals surface area contributed by atoms with Gasteiger partial charge in [0.25, 0.3) is 5.91 Å². The van der Waals surface area contributed by atoms with Crippen molar-refractivity contribution in [2.75, 3.05) is 12.3 Å². The number of amides is 1. The normalized spacial score (nSPS) is 11.9. The number of carbonyl (C=O) groups excluding carboxylic acids is 1. The lowest BCUT2D eigenvalue weighted by atomic mass is 10.1. The predicted molar refractivity (Wildman–Crippen MR) is 69.1 cm³/mol. The number of nitrogens with zero attached hydrogens (tertiary/aromatic N) is 3. The molecule has 2 N–H and O–H groups in total. The maximum Gasteiger partial charge on any atom is 0.406 e. The maximum absolute atomic E-state index is 12.7. The molecule has 0 unspecified atom stereocenters. The summed E-state index contributed by atoms with van der Waals surface area (Å²) < 4.78 is 39.3. The van der Waals surface area contributed by atoms with Crippen LogP contribution in [0.2, 0.25) is 0 Å². The molecule has 20 heavy (non-hydrogen) atoms. The van der Waals surface area contributed by atoms with Gasteiger partial charge in [-0.05, 0) is 12.8 Å². The highest BCUT2D eigenvalue weighted by molar-refractivity contribution is 5.97. The van der Waals surface area contributed by atoms with Gasteiger partial charge in [0.15, 0.2) is 5.69 Å². The summed E-state index contributed by atoms with van der Waals surface area (Å²) in [4.78, 5) is 13.1. The van der Waals surface area contributed by atoms with E-state index in [1.54, 1.807) is 20.9 Å². The second-order valence-electron chi connectivity index (χ2n) is 4.63. The van der Waals surface area contributed by atoms with E-state index < -0.39 is 24.7 Å². The summed E-state index contributed by atoms with van der Waals surface area (Å²) in [5.74, 6) is -0.783. The van der Waals surface area contributed by atoms with Crippen molar-refractivity contribution in [1.29, 1.82) is 0 Å². The maximum atomic E-state index is 12.7. The standard InChI is InChI=1S/C12H19F3N4O/c1-4-8(5-2)19(7-12(13,14)15)11(20)10-9(16)6-18(3)17-10/h6,8H,4-5,7,16H2,1-3H3. The molecule has 114 valence electrons. The predicted octanol–water partition coefficient (Wildman–Crippen LogP) is 2.20. The monoisotopic (exact) mass is 292 g/mol. The molecule has 1 amide bonds. The van der Waals surface area contributed by atoms with E-state index in [4.69, 9.17) is 5.73 Å². The third kappa shape index (κ3) is 3.88. The van der Waals surface area contributed by atoms with Gasteiger partial charge in [0, 0.05) is 19.3 Å². The largest absolute Gasteiger partial charge is 0.406 e. The van der Waals surface area contributed by atoms with Gasteiger partial charge in [-0.2, -0.15) is 18.3 Å². The fourth-order valence-corrected chi connectivity index (χ4v) is 2.10. The second kappa shape index (κ2) is 6.15. The van der Waals surface area contributed by atoms with Crippen LogP contribution in [0.25, 0.3) is 0 Å². The lowest BCUT2D eigenvalue weighted by molar-refractivity contribution is -0.145. The van der Waals surface area contributed by atoms with Gasteiger partial charge in [0.1, 0.15) is 6.54 Å². The molecule has 0 saturated heterocycles. The topological polar surface area (TPSA) is 64.2 Å². The molecule has 0 spiro atoms. The molecule has 1 aromatic rings. The highest BCUT2D eigenvalue weighted by Crippen LogP contribution is 2.23. The molecule has 0 fully saturated rings. The molecular weight excluding hydrogens is 273 g/mol. The number of hydrogen-bond acceptors (Lipinski definition) is 3. The zero-order chi connectivity index (χ0) is 15.5. The lowest BCUT2D eigenvalue weighted by Crippen LogP contribution is -2.45. The Kier molecular flexibility index (Phi) is 5.02. The summed E-state index contributed by atoms with van der Waals surface area (Å²) in [6, 6.07) is -0.495. The Bertz CT molecular complexity index is 466. The first kappa shape index (κ1) is 16.3. The van der Waals surface area contributed by atoms with Crippen LogP contribution in [0.4, 0.5) is 18.9 Å². The average molecular weight is 292 g/mol. The Hall–Kier alpha value is -1.73. The summed E-state index contributed by atoms with van der Waals surface area (Å²) in [5.41, 5.74) is 5.56. The smallest absolute Gasteiger partial charge is 0.396 e. The molecule has 0 bridgehead atoms. The van der Waals surface area contributed by atoms with E-state index in [1.165, 1.54) is 10.9 Å². The molecule has 0 aliphatic heterocycles. The van der Waals surface area contributed by atoms with E-state index in [1.807, 2.05) is 0 Å². The van der Waals surface area contributed by atoms with Crippen molar-refractivity contribution in [1.82, 2.24) is 14.7 Å². The number of nitrogens with two attached hydrogens (primary N) is 1. The minimum atomic E-state index is -4.46. The van der Waals surface area contributed by atoms with Crippen LogP contribution in [0.3, 0.4) is 0 Å². The molecule has 8 heteroatoms. The zero-order valence-corrected chi connectivity index (χ0v) is 11.7. The highest BCUT2D eigenvalue weighted by Gasteiger charge is 2.37. The third-order valence-corrected chi connectivity index (χ3v) is 3.05. The summed E-state index contributed by atoms with van der Waals surface area (Å²) in [7, 11) is 1.55.